The van der Waals surface area contributed by atoms with Crippen molar-refractivity contribution >= 4 is 5.91 Å². The molecule has 0 aliphatic heterocycles. The molecule has 3 heteroatoms. The molecule has 0 saturated heterocycles. The third-order valence-electron chi connectivity index (χ3n) is 4.03. The maximum Gasteiger partial charge on any atom is 0.241 e. The lowest BCUT2D eigenvalue weighted by Gasteiger charge is -2.14. The van der Waals surface area contributed by atoms with Crippen LogP contribution >= 0.6 is 0 Å². The summed E-state index contributed by atoms with van der Waals surface area (Å²) in [6, 6.07) is 10.3. The number of nitrogens with two attached hydrogens (primary N) is 1. The molecule has 0 unspecified atom stereocenters. The van der Waals surface area contributed by atoms with E-state index in [1.807, 2.05) is 18.2 Å². The van der Waals surface area contributed by atoms with Gasteiger partial charge in [-0.3, -0.25) is 4.79 Å². The second-order valence-electron chi connectivity index (χ2n) is 5.62. The Labute approximate surface area is 120 Å². The standard InChI is InChI=1S/C17H23NO2/c18-17(20)12-14(15-9-10-16(19)11-15)8-4-7-13-5-2-1-3-6-13/h1-3,5-6,12,15-16,19H,4,7-11H2,(H2,18,20)/t15-,16-/m0/s1. The van der Waals surface area contributed by atoms with Crippen molar-refractivity contribution in [3.63, 3.8) is 0 Å². The van der Waals surface area contributed by atoms with E-state index in [0.717, 1.165) is 44.1 Å². The molecule has 0 heterocycles. The Morgan fingerprint density at radius 1 is 1.30 bits per heavy atom. The van der Waals surface area contributed by atoms with E-state index < -0.39 is 0 Å². The molecular formula is C17H23NO2. The smallest absolute Gasteiger partial charge is 0.241 e. The Hall–Kier alpha value is -1.61. The van der Waals surface area contributed by atoms with E-state index >= 15 is 0 Å². The molecule has 1 aromatic carbocycles. The minimum atomic E-state index is -0.374. The SMILES string of the molecule is NC(=O)C=C(CCCc1ccccc1)[C@H]1CC[C@H](O)C1. The summed E-state index contributed by atoms with van der Waals surface area (Å²) in [5, 5.41) is 9.64. The first-order valence-electron chi connectivity index (χ1n) is 7.37. The van der Waals surface area contributed by atoms with Crippen molar-refractivity contribution in [1.82, 2.24) is 0 Å². The van der Waals surface area contributed by atoms with Gasteiger partial charge < -0.3 is 10.8 Å². The van der Waals surface area contributed by atoms with E-state index in [0.29, 0.717) is 5.92 Å². The average molecular weight is 273 g/mol. The van der Waals surface area contributed by atoms with E-state index in [1.165, 1.54) is 5.56 Å². The Balaban J connectivity index is 1.90. The third kappa shape index (κ3) is 4.49. The van der Waals surface area contributed by atoms with Crippen LogP contribution in [0, 0.1) is 5.92 Å². The predicted molar refractivity (Wildman–Crippen MR) is 80.0 cm³/mol. The van der Waals surface area contributed by atoms with Crippen molar-refractivity contribution in [2.24, 2.45) is 11.7 Å². The number of allylic oxidation sites excluding steroid dienone is 1. The molecule has 2 rings (SSSR count). The molecule has 2 atom stereocenters. The molecule has 1 aliphatic carbocycles. The van der Waals surface area contributed by atoms with Gasteiger partial charge >= 0.3 is 0 Å². The summed E-state index contributed by atoms with van der Waals surface area (Å²) in [4.78, 5) is 11.2. The molecular weight excluding hydrogens is 250 g/mol. The van der Waals surface area contributed by atoms with Crippen LogP contribution in [-0.4, -0.2) is 17.1 Å². The van der Waals surface area contributed by atoms with Crippen LogP contribution in [0.4, 0.5) is 0 Å². The number of carbonyl (C=O) groups is 1. The van der Waals surface area contributed by atoms with Gasteiger partial charge in [0, 0.05) is 6.08 Å². The number of hydrogen-bond acceptors (Lipinski definition) is 2. The first-order chi connectivity index (χ1) is 9.65. The van der Waals surface area contributed by atoms with Crippen LogP contribution in [0.25, 0.3) is 0 Å². The molecule has 108 valence electrons. The van der Waals surface area contributed by atoms with Crippen molar-refractivity contribution in [3.05, 3.63) is 47.5 Å². The number of primary amides is 1. The Morgan fingerprint density at radius 3 is 2.65 bits per heavy atom. The fourth-order valence-electron chi connectivity index (χ4n) is 3.01. The van der Waals surface area contributed by atoms with Gasteiger partial charge in [0.1, 0.15) is 0 Å². The molecule has 1 fully saturated rings. The summed E-state index contributed by atoms with van der Waals surface area (Å²) in [7, 11) is 0. The van der Waals surface area contributed by atoms with Gasteiger partial charge in [-0.15, -0.1) is 0 Å². The zero-order chi connectivity index (χ0) is 14.4. The molecule has 1 saturated carbocycles. The van der Waals surface area contributed by atoms with Crippen molar-refractivity contribution in [3.8, 4) is 0 Å². The van der Waals surface area contributed by atoms with Gasteiger partial charge in [-0.05, 0) is 50.0 Å². The summed E-state index contributed by atoms with van der Waals surface area (Å²) < 4.78 is 0. The van der Waals surface area contributed by atoms with Gasteiger partial charge in [0.15, 0.2) is 0 Å². The zero-order valence-electron chi connectivity index (χ0n) is 11.8. The molecule has 0 radical (unpaired) electrons. The monoisotopic (exact) mass is 273 g/mol. The lowest BCUT2D eigenvalue weighted by molar-refractivity contribution is -0.113. The highest BCUT2D eigenvalue weighted by Gasteiger charge is 2.25. The van der Waals surface area contributed by atoms with Crippen LogP contribution in [-0.2, 0) is 11.2 Å². The lowest BCUT2D eigenvalue weighted by atomic mass is 9.91. The largest absolute Gasteiger partial charge is 0.393 e. The number of hydrogen-bond donors (Lipinski definition) is 2. The number of aliphatic hydroxyl groups excluding tert-OH is 1. The molecule has 1 amide bonds. The van der Waals surface area contributed by atoms with E-state index in [4.69, 9.17) is 5.73 Å². The minimum Gasteiger partial charge on any atom is -0.393 e. The third-order valence-corrected chi connectivity index (χ3v) is 4.03. The highest BCUT2D eigenvalue weighted by Crippen LogP contribution is 2.33. The van der Waals surface area contributed by atoms with E-state index in [2.05, 4.69) is 12.1 Å². The first kappa shape index (κ1) is 14.8. The molecule has 3 N–H and O–H groups in total. The summed E-state index contributed by atoms with van der Waals surface area (Å²) >= 11 is 0. The van der Waals surface area contributed by atoms with Crippen molar-refractivity contribution < 1.29 is 9.90 Å². The predicted octanol–water partition coefficient (Wildman–Crippen LogP) is 2.58. The molecule has 20 heavy (non-hydrogen) atoms. The molecule has 1 aliphatic rings. The fraction of sp³-hybridized carbons (Fsp3) is 0.471. The molecule has 0 bridgehead atoms. The van der Waals surface area contributed by atoms with Crippen molar-refractivity contribution in [2.75, 3.05) is 0 Å². The zero-order valence-corrected chi connectivity index (χ0v) is 11.8. The lowest BCUT2D eigenvalue weighted by Crippen LogP contribution is -2.11. The van der Waals surface area contributed by atoms with Gasteiger partial charge in [0.25, 0.3) is 0 Å². The van der Waals surface area contributed by atoms with Crippen molar-refractivity contribution in [2.45, 2.75) is 44.6 Å². The Bertz CT molecular complexity index is 467. The van der Waals surface area contributed by atoms with Gasteiger partial charge in [-0.25, -0.2) is 0 Å². The minimum absolute atomic E-state index is 0.217. The normalized spacial score (nSPS) is 22.9. The second-order valence-corrected chi connectivity index (χ2v) is 5.62. The summed E-state index contributed by atoms with van der Waals surface area (Å²) in [5.41, 5.74) is 7.73. The van der Waals surface area contributed by atoms with Crippen LogP contribution in [0.5, 0.6) is 0 Å². The van der Waals surface area contributed by atoms with E-state index in [1.54, 1.807) is 6.08 Å². The number of rotatable bonds is 6. The van der Waals surface area contributed by atoms with Crippen LogP contribution < -0.4 is 5.73 Å². The van der Waals surface area contributed by atoms with Gasteiger partial charge in [0.05, 0.1) is 6.10 Å². The number of aliphatic hydroxyl groups is 1. The number of carbonyl (C=O) groups excluding carboxylic acids is 1. The highest BCUT2D eigenvalue weighted by atomic mass is 16.3. The van der Waals surface area contributed by atoms with Gasteiger partial charge in [0.2, 0.25) is 5.91 Å². The average Bonchev–Trinajstić information content (AvgIpc) is 2.85. The maximum absolute atomic E-state index is 11.2. The molecule has 0 spiro atoms. The quantitative estimate of drug-likeness (QED) is 0.782. The molecule has 0 aromatic heterocycles. The summed E-state index contributed by atoms with van der Waals surface area (Å²) in [6.45, 7) is 0. The first-order valence-corrected chi connectivity index (χ1v) is 7.37. The Kier molecular flexibility index (Phi) is 5.36. The van der Waals surface area contributed by atoms with Crippen LogP contribution in [0.2, 0.25) is 0 Å². The van der Waals surface area contributed by atoms with Crippen LogP contribution in [0.3, 0.4) is 0 Å². The maximum atomic E-state index is 11.2. The second kappa shape index (κ2) is 7.25. The topological polar surface area (TPSA) is 63.3 Å². The number of aryl methyl sites for hydroxylation is 1. The van der Waals surface area contributed by atoms with Gasteiger partial charge in [-0.1, -0.05) is 35.9 Å². The fourth-order valence-corrected chi connectivity index (χ4v) is 3.01. The van der Waals surface area contributed by atoms with E-state index in [9.17, 15) is 9.90 Å². The van der Waals surface area contributed by atoms with Crippen LogP contribution in [0.1, 0.15) is 37.7 Å². The number of amides is 1. The summed E-state index contributed by atoms with van der Waals surface area (Å²) in [5.74, 6) is -0.0469. The van der Waals surface area contributed by atoms with E-state index in [-0.39, 0.29) is 12.0 Å². The van der Waals surface area contributed by atoms with Crippen molar-refractivity contribution in [1.29, 1.82) is 0 Å². The molecule has 3 nitrogen and oxygen atoms in total. The highest BCUT2D eigenvalue weighted by molar-refractivity contribution is 5.86. The van der Waals surface area contributed by atoms with Crippen LogP contribution in [0.15, 0.2) is 42.0 Å². The number of benzene rings is 1. The molecule has 1 aromatic rings. The Morgan fingerprint density at radius 2 is 2.05 bits per heavy atom. The summed E-state index contributed by atoms with van der Waals surface area (Å²) in [6.07, 6.45) is 6.82. The van der Waals surface area contributed by atoms with Gasteiger partial charge in [-0.2, -0.15) is 0 Å².